The van der Waals surface area contributed by atoms with Crippen molar-refractivity contribution in [1.82, 2.24) is 5.43 Å². The summed E-state index contributed by atoms with van der Waals surface area (Å²) in [6.07, 6.45) is 3.01. The van der Waals surface area contributed by atoms with Crippen molar-refractivity contribution in [2.24, 2.45) is 0 Å². The molecule has 0 aromatic rings. The van der Waals surface area contributed by atoms with Gasteiger partial charge in [0.25, 0.3) is 0 Å². The molecule has 48 valence electrons. The van der Waals surface area contributed by atoms with E-state index in [0.717, 1.165) is 0 Å². The molecule has 0 saturated heterocycles. The molecule has 4 nitrogen and oxygen atoms in total. The van der Waals surface area contributed by atoms with Crippen LogP contribution in [0.3, 0.4) is 0 Å². The van der Waals surface area contributed by atoms with Gasteiger partial charge in [-0.15, -0.1) is 5.43 Å². The van der Waals surface area contributed by atoms with Crippen LogP contribution < -0.4 is 5.43 Å². The van der Waals surface area contributed by atoms with Crippen LogP contribution in [0, 0.1) is 4.91 Å². The Morgan fingerprint density at radius 2 is 2.44 bits per heavy atom. The van der Waals surface area contributed by atoms with Crippen LogP contribution in [0.4, 0.5) is 0 Å². The highest BCUT2D eigenvalue weighted by atomic mass is 16.3. The van der Waals surface area contributed by atoms with Crippen LogP contribution in [0.25, 0.3) is 0 Å². The second-order valence-corrected chi connectivity index (χ2v) is 1.78. The van der Waals surface area contributed by atoms with E-state index < -0.39 is 0 Å². The maximum atomic E-state index is 10.5. The minimum absolute atomic E-state index is 0.0131. The summed E-state index contributed by atoms with van der Waals surface area (Å²) in [6.45, 7) is 0.228. The summed E-state index contributed by atoms with van der Waals surface area (Å²) in [5, 5.41) is 0. The van der Waals surface area contributed by atoms with Gasteiger partial charge in [0.05, 0.1) is 17.5 Å². The van der Waals surface area contributed by atoms with Gasteiger partial charge in [0.2, 0.25) is 6.54 Å². The fourth-order valence-corrected chi connectivity index (χ4v) is 0.573. The Bertz CT molecular complexity index is 174. The van der Waals surface area contributed by atoms with E-state index in [-0.39, 0.29) is 12.3 Å². The average molecular weight is 127 g/mol. The van der Waals surface area contributed by atoms with Gasteiger partial charge in [0, 0.05) is 6.08 Å². The van der Waals surface area contributed by atoms with Gasteiger partial charge in [0.15, 0.2) is 5.78 Å². The first-order valence-corrected chi connectivity index (χ1v) is 2.69. The summed E-state index contributed by atoms with van der Waals surface area (Å²) in [7, 11) is 0. The molecule has 1 aliphatic heterocycles. The number of carbonyl (C=O) groups is 1. The standard InChI is InChI=1S/C5H6N2O2/c8-5-1-3-6-7(9)4-2-5/h1,3H,2,4H2/p+1. The topological polar surface area (TPSA) is 49.2 Å². The van der Waals surface area contributed by atoms with Crippen molar-refractivity contribution in [3.8, 4) is 0 Å². The zero-order chi connectivity index (χ0) is 6.69. The lowest BCUT2D eigenvalue weighted by atomic mass is 10.3. The Kier molecular flexibility index (Phi) is 1.58. The van der Waals surface area contributed by atoms with Crippen molar-refractivity contribution < 1.29 is 9.66 Å². The molecule has 0 atom stereocenters. The third-order valence-electron chi connectivity index (χ3n) is 1.05. The fourth-order valence-electron chi connectivity index (χ4n) is 0.573. The lowest BCUT2D eigenvalue weighted by molar-refractivity contribution is -0.595. The minimum Gasteiger partial charge on any atom is -0.295 e. The van der Waals surface area contributed by atoms with Gasteiger partial charge in [-0.3, -0.25) is 4.79 Å². The van der Waals surface area contributed by atoms with E-state index >= 15 is 0 Å². The Hall–Kier alpha value is -1.19. The van der Waals surface area contributed by atoms with Crippen LogP contribution in [-0.2, 0) is 4.79 Å². The Labute approximate surface area is 52.1 Å². The van der Waals surface area contributed by atoms with Gasteiger partial charge in [-0.2, -0.15) is 0 Å². The van der Waals surface area contributed by atoms with Crippen LogP contribution in [0.5, 0.6) is 0 Å². The predicted molar refractivity (Wildman–Crippen MR) is 30.4 cm³/mol. The third kappa shape index (κ3) is 1.64. The molecule has 1 rings (SSSR count). The molecule has 0 saturated carbocycles. The number of hydrogen-bond donors (Lipinski definition) is 1. The molecular weight excluding hydrogens is 120 g/mol. The Morgan fingerprint density at radius 3 is 3.22 bits per heavy atom. The highest BCUT2D eigenvalue weighted by molar-refractivity contribution is 5.89. The lowest BCUT2D eigenvalue weighted by Gasteiger charge is -1.81. The van der Waals surface area contributed by atoms with Gasteiger partial charge < -0.3 is 0 Å². The molecule has 0 radical (unpaired) electrons. The van der Waals surface area contributed by atoms with Crippen molar-refractivity contribution >= 4 is 5.78 Å². The third-order valence-corrected chi connectivity index (χ3v) is 1.05. The minimum atomic E-state index is -0.0131. The number of ketones is 1. The van der Waals surface area contributed by atoms with Gasteiger partial charge in [-0.05, 0) is 0 Å². The molecule has 1 aliphatic rings. The summed E-state index contributed by atoms with van der Waals surface area (Å²) < 4.78 is 0. The monoisotopic (exact) mass is 127 g/mol. The van der Waals surface area contributed by atoms with Crippen molar-refractivity contribution in [2.75, 3.05) is 6.54 Å². The van der Waals surface area contributed by atoms with E-state index in [2.05, 4.69) is 5.43 Å². The first kappa shape index (κ1) is 5.94. The highest BCUT2D eigenvalue weighted by Gasteiger charge is 2.11. The van der Waals surface area contributed by atoms with Crippen LogP contribution in [0.15, 0.2) is 12.3 Å². The van der Waals surface area contributed by atoms with Crippen molar-refractivity contribution in [1.29, 1.82) is 0 Å². The Morgan fingerprint density at radius 1 is 1.67 bits per heavy atom. The van der Waals surface area contributed by atoms with Crippen LogP contribution >= 0.6 is 0 Å². The van der Waals surface area contributed by atoms with Gasteiger partial charge >= 0.3 is 0 Å². The maximum absolute atomic E-state index is 10.5. The molecule has 0 aliphatic carbocycles. The quantitative estimate of drug-likeness (QED) is 0.457. The normalized spacial score (nSPS) is 19.1. The zero-order valence-electron chi connectivity index (χ0n) is 4.83. The number of rotatable bonds is 0. The van der Waals surface area contributed by atoms with Crippen molar-refractivity contribution in [3.63, 3.8) is 0 Å². The molecule has 4 heteroatoms. The van der Waals surface area contributed by atoms with Crippen molar-refractivity contribution in [3.05, 3.63) is 17.2 Å². The molecule has 0 amide bonds. The number of nitrogens with zero attached hydrogens (tertiary/aromatic N) is 1. The van der Waals surface area contributed by atoms with Gasteiger partial charge in [-0.25, -0.2) is 0 Å². The second kappa shape index (κ2) is 2.39. The van der Waals surface area contributed by atoms with Crippen molar-refractivity contribution in [2.45, 2.75) is 6.42 Å². The van der Waals surface area contributed by atoms with E-state index in [4.69, 9.17) is 0 Å². The first-order valence-electron chi connectivity index (χ1n) is 2.69. The smallest absolute Gasteiger partial charge is 0.232 e. The molecule has 1 heterocycles. The fraction of sp³-hybridized carbons (Fsp3) is 0.400. The Balaban J connectivity index is 2.58. The summed E-state index contributed by atoms with van der Waals surface area (Å²) in [5.74, 6) is -0.0131. The van der Waals surface area contributed by atoms with Gasteiger partial charge in [-0.1, -0.05) is 0 Å². The lowest BCUT2D eigenvalue weighted by Crippen LogP contribution is -2.20. The molecule has 0 aromatic carbocycles. The van der Waals surface area contributed by atoms with E-state index in [1.165, 1.54) is 12.3 Å². The highest BCUT2D eigenvalue weighted by Crippen LogP contribution is 1.88. The summed E-state index contributed by atoms with van der Waals surface area (Å²) in [4.78, 5) is 21.6. The van der Waals surface area contributed by atoms with Crippen LogP contribution in [0.2, 0.25) is 0 Å². The van der Waals surface area contributed by atoms with E-state index in [1.807, 2.05) is 0 Å². The molecule has 0 bridgehead atoms. The number of allylic oxidation sites excluding steroid dienone is 1. The summed E-state index contributed by atoms with van der Waals surface area (Å²) in [6, 6.07) is 0. The molecule has 1 N–H and O–H groups in total. The number of carbonyl (C=O) groups excluding carboxylic acids is 1. The molecule has 0 spiro atoms. The molecule has 0 fully saturated rings. The van der Waals surface area contributed by atoms with Crippen LogP contribution in [-0.4, -0.2) is 17.2 Å². The zero-order valence-corrected chi connectivity index (χ0v) is 4.83. The summed E-state index contributed by atoms with van der Waals surface area (Å²) >= 11 is 0. The largest absolute Gasteiger partial charge is 0.295 e. The second-order valence-electron chi connectivity index (χ2n) is 1.78. The van der Waals surface area contributed by atoms with Gasteiger partial charge in [0.1, 0.15) is 4.87 Å². The maximum Gasteiger partial charge on any atom is 0.232 e. The molecule has 0 aromatic heterocycles. The SMILES string of the molecule is O=C1C=CN[N+](=O)CC1. The average Bonchev–Trinajstić information content (AvgIpc) is 1.97. The predicted octanol–water partition coefficient (Wildman–Crippen LogP) is -0.244. The first-order chi connectivity index (χ1) is 4.29. The molecule has 9 heavy (non-hydrogen) atoms. The van der Waals surface area contributed by atoms with E-state index in [9.17, 15) is 9.70 Å². The number of nitrogens with one attached hydrogen (secondary N) is 1. The molecular formula is C5H7N2O2+. The number of hydrazine groups is 1. The van der Waals surface area contributed by atoms with Crippen LogP contribution in [0.1, 0.15) is 6.42 Å². The van der Waals surface area contributed by atoms with E-state index in [1.54, 1.807) is 0 Å². The number of nitroso groups, excluding NO2 is 1. The summed E-state index contributed by atoms with van der Waals surface area (Å²) in [5.41, 5.74) is 2.35. The number of hydrogen-bond acceptors (Lipinski definition) is 2. The molecule has 0 unspecified atom stereocenters. The van der Waals surface area contributed by atoms with E-state index in [0.29, 0.717) is 11.3 Å².